The largest absolute Gasteiger partial charge is 0.353 e. The second kappa shape index (κ2) is 8.73. The molecular formula is C15H20Cl3N3O2. The van der Waals surface area contributed by atoms with Crippen LogP contribution in [0.2, 0.25) is 10.0 Å². The van der Waals surface area contributed by atoms with Crippen LogP contribution in [-0.2, 0) is 4.79 Å². The fourth-order valence-electron chi connectivity index (χ4n) is 2.08. The summed E-state index contributed by atoms with van der Waals surface area (Å²) in [4.78, 5) is 24.1. The molecule has 2 rings (SSSR count). The summed E-state index contributed by atoms with van der Waals surface area (Å²) in [6.45, 7) is 2.02. The third kappa shape index (κ3) is 5.53. The molecular weight excluding hydrogens is 361 g/mol. The summed E-state index contributed by atoms with van der Waals surface area (Å²) in [5, 5.41) is 5.81. The highest BCUT2D eigenvalue weighted by molar-refractivity contribution is 6.43. The Morgan fingerprint density at radius 2 is 2.00 bits per heavy atom. The van der Waals surface area contributed by atoms with Gasteiger partial charge in [-0.15, -0.1) is 12.4 Å². The summed E-state index contributed by atoms with van der Waals surface area (Å²) >= 11 is 11.9. The lowest BCUT2D eigenvalue weighted by Crippen LogP contribution is -2.48. The molecule has 1 aromatic rings. The standard InChI is InChI=1S/C15H19Cl2N3O2.ClH/c1-8(14(21)19-7-12(18)9-5-6-9)20-15(22)10-3-2-4-11(16)13(10)17;/h2-4,8-9,12H,5-7,18H2,1H3,(H,19,21)(H,20,22);1H. The number of hydrogen-bond acceptors (Lipinski definition) is 3. The molecule has 5 nitrogen and oxygen atoms in total. The Labute approximate surface area is 151 Å². The molecule has 0 radical (unpaired) electrons. The lowest BCUT2D eigenvalue weighted by Gasteiger charge is -2.17. The number of nitrogens with one attached hydrogen (secondary N) is 2. The van der Waals surface area contributed by atoms with Crippen molar-refractivity contribution >= 4 is 47.4 Å². The van der Waals surface area contributed by atoms with Gasteiger partial charge in [0.2, 0.25) is 5.91 Å². The van der Waals surface area contributed by atoms with Crippen LogP contribution in [0.3, 0.4) is 0 Å². The Hall–Kier alpha value is -1.01. The maximum absolute atomic E-state index is 12.1. The molecule has 2 amide bonds. The molecule has 1 aromatic carbocycles. The number of halogens is 3. The second-order valence-corrected chi connectivity index (χ2v) is 6.33. The summed E-state index contributed by atoms with van der Waals surface area (Å²) in [6.07, 6.45) is 2.24. The van der Waals surface area contributed by atoms with Crippen molar-refractivity contribution in [3.8, 4) is 0 Å². The van der Waals surface area contributed by atoms with Crippen LogP contribution in [0.4, 0.5) is 0 Å². The van der Waals surface area contributed by atoms with E-state index in [1.54, 1.807) is 25.1 Å². The quantitative estimate of drug-likeness (QED) is 0.708. The maximum atomic E-state index is 12.1. The fourth-order valence-corrected chi connectivity index (χ4v) is 2.47. The number of hydrogen-bond donors (Lipinski definition) is 3. The number of carbonyl (C=O) groups excluding carboxylic acids is 2. The van der Waals surface area contributed by atoms with Crippen LogP contribution in [0.15, 0.2) is 18.2 Å². The zero-order chi connectivity index (χ0) is 16.3. The van der Waals surface area contributed by atoms with Crippen LogP contribution in [0.25, 0.3) is 0 Å². The van der Waals surface area contributed by atoms with Gasteiger partial charge in [-0.25, -0.2) is 0 Å². The Balaban J connectivity index is 0.00000264. The average Bonchev–Trinajstić information content (AvgIpc) is 3.31. The van der Waals surface area contributed by atoms with Crippen molar-refractivity contribution in [2.75, 3.05) is 6.54 Å². The van der Waals surface area contributed by atoms with Gasteiger partial charge in [0.15, 0.2) is 0 Å². The van der Waals surface area contributed by atoms with E-state index in [0.29, 0.717) is 17.5 Å². The minimum absolute atomic E-state index is 0. The predicted octanol–water partition coefficient (Wildman–Crippen LogP) is 2.39. The third-order valence-corrected chi connectivity index (χ3v) is 4.50. The van der Waals surface area contributed by atoms with Crippen LogP contribution in [0, 0.1) is 5.92 Å². The molecule has 0 saturated heterocycles. The summed E-state index contributed by atoms with van der Waals surface area (Å²) in [7, 11) is 0. The Morgan fingerprint density at radius 3 is 2.61 bits per heavy atom. The van der Waals surface area contributed by atoms with Crippen LogP contribution in [-0.4, -0.2) is 30.4 Å². The van der Waals surface area contributed by atoms with Gasteiger partial charge >= 0.3 is 0 Å². The highest BCUT2D eigenvalue weighted by atomic mass is 35.5. The number of rotatable bonds is 6. The molecule has 1 fully saturated rings. The van der Waals surface area contributed by atoms with Crippen molar-refractivity contribution in [1.82, 2.24) is 10.6 Å². The summed E-state index contributed by atoms with van der Waals surface area (Å²) in [6, 6.07) is 4.07. The second-order valence-electron chi connectivity index (χ2n) is 5.54. The molecule has 0 spiro atoms. The molecule has 0 aliphatic heterocycles. The summed E-state index contributed by atoms with van der Waals surface area (Å²) in [5.74, 6) is -0.209. The van der Waals surface area contributed by atoms with E-state index in [1.165, 1.54) is 0 Å². The number of nitrogens with two attached hydrogens (primary N) is 1. The van der Waals surface area contributed by atoms with E-state index in [4.69, 9.17) is 28.9 Å². The molecule has 128 valence electrons. The number of amides is 2. The number of benzene rings is 1. The highest BCUT2D eigenvalue weighted by Gasteiger charge is 2.29. The summed E-state index contributed by atoms with van der Waals surface area (Å²) < 4.78 is 0. The minimum atomic E-state index is -0.686. The molecule has 2 unspecified atom stereocenters. The molecule has 1 aliphatic carbocycles. The van der Waals surface area contributed by atoms with Crippen molar-refractivity contribution in [3.63, 3.8) is 0 Å². The van der Waals surface area contributed by atoms with E-state index < -0.39 is 11.9 Å². The van der Waals surface area contributed by atoms with Gasteiger partial charge in [0.05, 0.1) is 15.6 Å². The van der Waals surface area contributed by atoms with E-state index in [1.807, 2.05) is 0 Å². The topological polar surface area (TPSA) is 84.2 Å². The molecule has 0 bridgehead atoms. The predicted molar refractivity (Wildman–Crippen MR) is 94.3 cm³/mol. The SMILES string of the molecule is CC(NC(=O)c1cccc(Cl)c1Cl)C(=O)NCC(N)C1CC1.Cl. The van der Waals surface area contributed by atoms with Crippen LogP contribution in [0.5, 0.6) is 0 Å². The maximum Gasteiger partial charge on any atom is 0.253 e. The van der Waals surface area contributed by atoms with Gasteiger partial charge in [-0.1, -0.05) is 29.3 Å². The van der Waals surface area contributed by atoms with E-state index in [2.05, 4.69) is 10.6 Å². The van der Waals surface area contributed by atoms with E-state index >= 15 is 0 Å². The zero-order valence-corrected chi connectivity index (χ0v) is 15.0. The van der Waals surface area contributed by atoms with Crippen LogP contribution in [0.1, 0.15) is 30.1 Å². The average molecular weight is 381 g/mol. The first kappa shape index (κ1) is 20.0. The normalized spacial score (nSPS) is 16.0. The van der Waals surface area contributed by atoms with Crippen molar-refractivity contribution in [2.24, 2.45) is 11.7 Å². The minimum Gasteiger partial charge on any atom is -0.353 e. The van der Waals surface area contributed by atoms with Gasteiger partial charge in [-0.2, -0.15) is 0 Å². The van der Waals surface area contributed by atoms with Gasteiger partial charge in [-0.3, -0.25) is 9.59 Å². The zero-order valence-electron chi connectivity index (χ0n) is 12.6. The molecule has 8 heteroatoms. The van der Waals surface area contributed by atoms with Crippen LogP contribution >= 0.6 is 35.6 Å². The molecule has 4 N–H and O–H groups in total. The van der Waals surface area contributed by atoms with Gasteiger partial charge in [-0.05, 0) is 37.8 Å². The van der Waals surface area contributed by atoms with Crippen LogP contribution < -0.4 is 16.4 Å². The summed E-state index contributed by atoms with van der Waals surface area (Å²) in [5.41, 5.74) is 6.16. The van der Waals surface area contributed by atoms with Gasteiger partial charge in [0.25, 0.3) is 5.91 Å². The first-order chi connectivity index (χ1) is 10.4. The van der Waals surface area contributed by atoms with Gasteiger partial charge < -0.3 is 16.4 Å². The molecule has 0 aromatic heterocycles. The lowest BCUT2D eigenvalue weighted by atomic mass is 10.2. The third-order valence-electron chi connectivity index (χ3n) is 3.68. The fraction of sp³-hybridized carbons (Fsp3) is 0.467. The Bertz CT molecular complexity index is 579. The van der Waals surface area contributed by atoms with Crippen molar-refractivity contribution in [3.05, 3.63) is 33.8 Å². The Kier molecular flexibility index (Phi) is 7.61. The van der Waals surface area contributed by atoms with Crippen molar-refractivity contribution in [2.45, 2.75) is 31.8 Å². The van der Waals surface area contributed by atoms with E-state index in [9.17, 15) is 9.59 Å². The number of carbonyl (C=O) groups is 2. The van der Waals surface area contributed by atoms with E-state index in [0.717, 1.165) is 12.8 Å². The van der Waals surface area contributed by atoms with Gasteiger partial charge in [0, 0.05) is 12.6 Å². The first-order valence-corrected chi connectivity index (χ1v) is 7.94. The van der Waals surface area contributed by atoms with Crippen molar-refractivity contribution < 1.29 is 9.59 Å². The lowest BCUT2D eigenvalue weighted by molar-refractivity contribution is -0.122. The molecule has 1 saturated carbocycles. The van der Waals surface area contributed by atoms with Gasteiger partial charge in [0.1, 0.15) is 6.04 Å². The molecule has 1 aliphatic rings. The first-order valence-electron chi connectivity index (χ1n) is 7.18. The van der Waals surface area contributed by atoms with Crippen molar-refractivity contribution in [1.29, 1.82) is 0 Å². The highest BCUT2D eigenvalue weighted by Crippen LogP contribution is 2.31. The Morgan fingerprint density at radius 1 is 1.35 bits per heavy atom. The molecule has 0 heterocycles. The molecule has 2 atom stereocenters. The smallest absolute Gasteiger partial charge is 0.253 e. The molecule has 23 heavy (non-hydrogen) atoms. The monoisotopic (exact) mass is 379 g/mol. The van der Waals surface area contributed by atoms with E-state index in [-0.39, 0.29) is 34.9 Å².